The molecule has 0 fully saturated rings. The van der Waals surface area contributed by atoms with Gasteiger partial charge in [-0.1, -0.05) is 35.0 Å². The Kier molecular flexibility index (Phi) is 8.05. The molecule has 1 aliphatic heterocycles. The second kappa shape index (κ2) is 11.4. The summed E-state index contributed by atoms with van der Waals surface area (Å²) in [6.07, 6.45) is 0.866. The molecule has 0 aliphatic carbocycles. The number of ether oxygens (including phenoxy) is 2. The van der Waals surface area contributed by atoms with Crippen molar-refractivity contribution in [3.05, 3.63) is 71.2 Å². The van der Waals surface area contributed by atoms with Crippen molar-refractivity contribution in [3.63, 3.8) is 0 Å². The largest absolute Gasteiger partial charge is 0.494 e. The summed E-state index contributed by atoms with van der Waals surface area (Å²) in [4.78, 5) is 19.6. The molecule has 0 bridgehead atoms. The Bertz CT molecular complexity index is 1200. The Morgan fingerprint density at radius 1 is 1.08 bits per heavy atom. The Balaban J connectivity index is 1.68. The van der Waals surface area contributed by atoms with Gasteiger partial charge in [-0.15, -0.1) is 0 Å². The van der Waals surface area contributed by atoms with Crippen molar-refractivity contribution < 1.29 is 18.8 Å². The monoisotopic (exact) mass is 490 g/mol. The highest BCUT2D eigenvalue weighted by atomic mass is 16.5. The van der Waals surface area contributed by atoms with Crippen LogP contribution in [-0.4, -0.2) is 46.9 Å². The van der Waals surface area contributed by atoms with E-state index in [1.807, 2.05) is 83.1 Å². The van der Waals surface area contributed by atoms with Gasteiger partial charge >= 0.3 is 6.03 Å². The summed E-state index contributed by atoms with van der Waals surface area (Å²) in [5.41, 5.74) is 4.49. The summed E-state index contributed by atoms with van der Waals surface area (Å²) in [7, 11) is 0. The van der Waals surface area contributed by atoms with Crippen LogP contribution in [0.4, 0.5) is 4.79 Å². The maximum absolute atomic E-state index is 13.1. The highest BCUT2D eigenvalue weighted by Gasteiger charge is 2.35. The Morgan fingerprint density at radius 3 is 2.47 bits per heavy atom. The zero-order valence-electron chi connectivity index (χ0n) is 21.6. The number of aromatic nitrogens is 2. The van der Waals surface area contributed by atoms with Crippen LogP contribution in [-0.2, 0) is 4.74 Å². The van der Waals surface area contributed by atoms with Crippen molar-refractivity contribution in [2.45, 2.75) is 53.2 Å². The molecule has 0 saturated carbocycles. The van der Waals surface area contributed by atoms with Crippen molar-refractivity contribution >= 4 is 11.6 Å². The molecule has 8 heteroatoms. The highest BCUT2D eigenvalue weighted by molar-refractivity contribution is 5.86. The molecule has 0 saturated heterocycles. The van der Waals surface area contributed by atoms with E-state index < -0.39 is 6.04 Å². The smallest absolute Gasteiger partial charge is 0.322 e. The normalized spacial score (nSPS) is 16.0. The predicted molar refractivity (Wildman–Crippen MR) is 138 cm³/mol. The fraction of sp³-hybridized carbons (Fsp3) is 0.393. The van der Waals surface area contributed by atoms with E-state index in [0.717, 1.165) is 33.7 Å². The SMILES string of the molecule is CCOc1ccc(-c2noc(C3=C(C)N(CCCOC(C)C)C(=O)NC3c3ccc(C)cc3)n2)cc1. The number of amides is 2. The number of hydrogen-bond donors (Lipinski definition) is 1. The molecule has 0 spiro atoms. The first kappa shape index (κ1) is 25.4. The lowest BCUT2D eigenvalue weighted by Crippen LogP contribution is -2.46. The van der Waals surface area contributed by atoms with Crippen LogP contribution in [0, 0.1) is 6.92 Å². The quantitative estimate of drug-likeness (QED) is 0.364. The number of rotatable bonds is 10. The Labute approximate surface area is 212 Å². The van der Waals surface area contributed by atoms with E-state index >= 15 is 0 Å². The van der Waals surface area contributed by atoms with Gasteiger partial charge in [0.2, 0.25) is 5.82 Å². The molecule has 1 atom stereocenters. The second-order valence-corrected chi connectivity index (χ2v) is 9.10. The third-order valence-corrected chi connectivity index (χ3v) is 6.06. The average Bonchev–Trinajstić information content (AvgIpc) is 3.34. The number of allylic oxidation sites excluding steroid dienone is 1. The molecule has 1 aliphatic rings. The Hall–Kier alpha value is -3.65. The van der Waals surface area contributed by atoms with Crippen molar-refractivity contribution in [1.82, 2.24) is 20.4 Å². The number of hydrogen-bond acceptors (Lipinski definition) is 6. The summed E-state index contributed by atoms with van der Waals surface area (Å²) in [6, 6.07) is 15.1. The molecule has 3 aromatic rings. The Morgan fingerprint density at radius 2 is 1.81 bits per heavy atom. The molecule has 2 aromatic carbocycles. The van der Waals surface area contributed by atoms with Crippen LogP contribution in [0.5, 0.6) is 5.75 Å². The van der Waals surface area contributed by atoms with Crippen LogP contribution in [0.2, 0.25) is 0 Å². The van der Waals surface area contributed by atoms with Gasteiger partial charge in [-0.05, 0) is 70.9 Å². The van der Waals surface area contributed by atoms with Crippen LogP contribution in [0.15, 0.2) is 58.8 Å². The van der Waals surface area contributed by atoms with Crippen molar-refractivity contribution in [3.8, 4) is 17.1 Å². The van der Waals surface area contributed by atoms with Crippen molar-refractivity contribution in [2.75, 3.05) is 19.8 Å². The molecule has 1 N–H and O–H groups in total. The lowest BCUT2D eigenvalue weighted by molar-refractivity contribution is 0.0736. The molecule has 0 radical (unpaired) electrons. The van der Waals surface area contributed by atoms with Crippen LogP contribution < -0.4 is 10.1 Å². The molecule has 36 heavy (non-hydrogen) atoms. The van der Waals surface area contributed by atoms with Gasteiger partial charge in [0.05, 0.1) is 24.3 Å². The van der Waals surface area contributed by atoms with E-state index in [2.05, 4.69) is 10.5 Å². The topological polar surface area (TPSA) is 89.7 Å². The first-order chi connectivity index (χ1) is 17.4. The first-order valence-corrected chi connectivity index (χ1v) is 12.4. The van der Waals surface area contributed by atoms with Crippen LogP contribution in [0.3, 0.4) is 0 Å². The summed E-state index contributed by atoms with van der Waals surface area (Å²) >= 11 is 0. The fourth-order valence-corrected chi connectivity index (χ4v) is 4.20. The summed E-state index contributed by atoms with van der Waals surface area (Å²) in [6.45, 7) is 11.6. The average molecular weight is 491 g/mol. The van der Waals surface area contributed by atoms with Gasteiger partial charge < -0.3 is 19.3 Å². The zero-order valence-corrected chi connectivity index (χ0v) is 21.6. The first-order valence-electron chi connectivity index (χ1n) is 12.4. The van der Waals surface area contributed by atoms with Crippen LogP contribution >= 0.6 is 0 Å². The molecule has 1 aromatic heterocycles. The van der Waals surface area contributed by atoms with E-state index in [1.54, 1.807) is 4.90 Å². The molecule has 4 rings (SSSR count). The fourth-order valence-electron chi connectivity index (χ4n) is 4.20. The van der Waals surface area contributed by atoms with Gasteiger partial charge in [0, 0.05) is 24.4 Å². The second-order valence-electron chi connectivity index (χ2n) is 9.10. The lowest BCUT2D eigenvalue weighted by atomic mass is 9.94. The number of urea groups is 1. The minimum Gasteiger partial charge on any atom is -0.494 e. The molecule has 2 heterocycles. The third kappa shape index (κ3) is 5.76. The minimum absolute atomic E-state index is 0.151. The molecule has 8 nitrogen and oxygen atoms in total. The van der Waals surface area contributed by atoms with E-state index in [4.69, 9.17) is 19.0 Å². The van der Waals surface area contributed by atoms with E-state index in [1.165, 1.54) is 0 Å². The highest BCUT2D eigenvalue weighted by Crippen LogP contribution is 2.37. The predicted octanol–water partition coefficient (Wildman–Crippen LogP) is 5.76. The minimum atomic E-state index is -0.408. The van der Waals surface area contributed by atoms with Gasteiger partial charge in [-0.2, -0.15) is 4.98 Å². The van der Waals surface area contributed by atoms with Crippen molar-refractivity contribution in [2.24, 2.45) is 0 Å². The molecule has 190 valence electrons. The van der Waals surface area contributed by atoms with E-state index in [9.17, 15) is 4.79 Å². The number of nitrogens with zero attached hydrogens (tertiary/aromatic N) is 3. The lowest BCUT2D eigenvalue weighted by Gasteiger charge is -2.35. The van der Waals surface area contributed by atoms with Gasteiger partial charge in [0.1, 0.15) is 5.75 Å². The summed E-state index contributed by atoms with van der Waals surface area (Å²) < 4.78 is 17.0. The molecule has 2 amide bonds. The number of carbonyl (C=O) groups excluding carboxylic acids is 1. The zero-order chi connectivity index (χ0) is 25.7. The van der Waals surface area contributed by atoms with Crippen LogP contribution in [0.25, 0.3) is 17.0 Å². The van der Waals surface area contributed by atoms with Crippen molar-refractivity contribution in [1.29, 1.82) is 0 Å². The van der Waals surface area contributed by atoms with Gasteiger partial charge in [0.15, 0.2) is 0 Å². The van der Waals surface area contributed by atoms with Gasteiger partial charge in [-0.25, -0.2) is 4.79 Å². The molecule has 1 unspecified atom stereocenters. The molecular formula is C28H34N4O4. The summed E-state index contributed by atoms with van der Waals surface area (Å²) in [5, 5.41) is 7.39. The van der Waals surface area contributed by atoms with Gasteiger partial charge in [0.25, 0.3) is 5.89 Å². The third-order valence-electron chi connectivity index (χ3n) is 6.06. The van der Waals surface area contributed by atoms with E-state index in [-0.39, 0.29) is 12.1 Å². The number of aryl methyl sites for hydroxylation is 1. The van der Waals surface area contributed by atoms with E-state index in [0.29, 0.717) is 37.9 Å². The number of nitrogens with one attached hydrogen (secondary N) is 1. The maximum atomic E-state index is 13.1. The molecular weight excluding hydrogens is 456 g/mol. The maximum Gasteiger partial charge on any atom is 0.322 e. The number of benzene rings is 2. The van der Waals surface area contributed by atoms with Crippen LogP contribution in [0.1, 0.15) is 57.2 Å². The van der Waals surface area contributed by atoms with Gasteiger partial charge in [-0.3, -0.25) is 4.90 Å². The summed E-state index contributed by atoms with van der Waals surface area (Å²) in [5.74, 6) is 1.64. The standard InChI is InChI=1S/C28H34N4O4/c1-6-34-23-14-12-22(13-15-23)26-30-27(36-31-26)24-20(5)32(16-7-17-35-18(2)3)28(33)29-25(24)21-10-8-19(4)9-11-21/h8-15,18,25H,6-7,16-17H2,1-5H3,(H,29,33). The number of carbonyl (C=O) groups is 1.